The van der Waals surface area contributed by atoms with E-state index in [1.807, 2.05) is 0 Å². The van der Waals surface area contributed by atoms with Crippen LogP contribution in [0, 0.1) is 0 Å². The van der Waals surface area contributed by atoms with Crippen LogP contribution >= 0.6 is 7.82 Å². The molecule has 0 heterocycles. The number of rotatable bonds is 6. The summed E-state index contributed by atoms with van der Waals surface area (Å²) in [5.74, 6) is -1.20. The molecule has 15 heavy (non-hydrogen) atoms. The molecule has 0 spiro atoms. The molecule has 86 valence electrons. The third-order valence-electron chi connectivity index (χ3n) is 1.48. The van der Waals surface area contributed by atoms with Crippen LogP contribution in [0.1, 0.15) is 26.2 Å². The first-order valence-electron chi connectivity index (χ1n) is 4.19. The number of carbonyl (C=O) groups is 2. The number of ketones is 1. The maximum atomic E-state index is 11.0. The molecule has 0 unspecified atom stereocenters. The molecule has 0 fully saturated rings. The van der Waals surface area contributed by atoms with Crippen molar-refractivity contribution in [3.8, 4) is 0 Å². The van der Waals surface area contributed by atoms with Crippen molar-refractivity contribution in [1.82, 2.24) is 0 Å². The highest BCUT2D eigenvalue weighted by Crippen LogP contribution is 2.36. The first kappa shape index (κ1) is 14.0. The van der Waals surface area contributed by atoms with Crippen molar-refractivity contribution in [2.24, 2.45) is 0 Å². The normalized spacial score (nSPS) is 10.9. The fraction of sp³-hybridized carbons (Fsp3) is 0.500. The zero-order chi connectivity index (χ0) is 12.1. The summed E-state index contributed by atoms with van der Waals surface area (Å²) in [6.45, 7) is 4.97. The van der Waals surface area contributed by atoms with Gasteiger partial charge in [0.05, 0.1) is 0 Å². The van der Waals surface area contributed by atoms with E-state index in [9.17, 15) is 14.2 Å². The number of hydrogen-bond donors (Lipinski definition) is 2. The monoisotopic (exact) mass is 236 g/mol. The maximum absolute atomic E-state index is 11.0. The lowest BCUT2D eigenvalue weighted by Crippen LogP contribution is -2.04. The zero-order valence-corrected chi connectivity index (χ0v) is 9.20. The summed E-state index contributed by atoms with van der Waals surface area (Å²) >= 11 is 0. The lowest BCUT2D eigenvalue weighted by atomic mass is 10.1. The van der Waals surface area contributed by atoms with Crippen molar-refractivity contribution >= 4 is 19.6 Å². The topological polar surface area (TPSA) is 101 Å². The van der Waals surface area contributed by atoms with E-state index in [-0.39, 0.29) is 25.0 Å². The van der Waals surface area contributed by atoms with Gasteiger partial charge in [-0.3, -0.25) is 19.4 Å². The van der Waals surface area contributed by atoms with Crippen molar-refractivity contribution in [3.05, 3.63) is 12.2 Å². The maximum Gasteiger partial charge on any atom is 0.526 e. The van der Waals surface area contributed by atoms with Gasteiger partial charge in [-0.1, -0.05) is 6.58 Å². The predicted molar refractivity (Wildman–Crippen MR) is 51.8 cm³/mol. The minimum atomic E-state index is -4.76. The standard InChI is InChI=1S/C8H13O6P/c1-6(2)7(9)4-3-5-8(10)14-15(11,12)13/h1,3-5H2,2H3,(H2,11,12,13). The number of hydrogen-bond acceptors (Lipinski definition) is 4. The van der Waals surface area contributed by atoms with Crippen molar-refractivity contribution in [2.75, 3.05) is 0 Å². The summed E-state index contributed by atoms with van der Waals surface area (Å²) in [7, 11) is -4.76. The lowest BCUT2D eigenvalue weighted by Gasteiger charge is -2.04. The van der Waals surface area contributed by atoms with Gasteiger partial charge in [-0.2, -0.15) is 0 Å². The number of allylic oxidation sites excluding steroid dienone is 1. The van der Waals surface area contributed by atoms with Gasteiger partial charge in [-0.25, -0.2) is 4.57 Å². The molecule has 0 bridgehead atoms. The molecular formula is C8H13O6P. The third kappa shape index (κ3) is 8.05. The minimum Gasteiger partial charge on any atom is -0.371 e. The Hall–Kier alpha value is -0.970. The van der Waals surface area contributed by atoms with Gasteiger partial charge in [-0.15, -0.1) is 0 Å². The van der Waals surface area contributed by atoms with Crippen molar-refractivity contribution in [2.45, 2.75) is 26.2 Å². The van der Waals surface area contributed by atoms with Gasteiger partial charge in [0.1, 0.15) is 0 Å². The van der Waals surface area contributed by atoms with E-state index in [0.29, 0.717) is 5.57 Å². The minimum absolute atomic E-state index is 0.117. The molecule has 0 aromatic carbocycles. The molecule has 0 saturated carbocycles. The molecule has 0 saturated heterocycles. The second kappa shape index (κ2) is 5.80. The first-order chi connectivity index (χ1) is 6.72. The van der Waals surface area contributed by atoms with Gasteiger partial charge in [0.2, 0.25) is 0 Å². The molecular weight excluding hydrogens is 223 g/mol. The van der Waals surface area contributed by atoms with E-state index in [0.717, 1.165) is 0 Å². The van der Waals surface area contributed by atoms with Gasteiger partial charge in [0.15, 0.2) is 5.78 Å². The highest BCUT2D eigenvalue weighted by Gasteiger charge is 2.19. The molecule has 0 amide bonds. The summed E-state index contributed by atoms with van der Waals surface area (Å²) in [5.41, 5.74) is 0.387. The van der Waals surface area contributed by atoms with Gasteiger partial charge >= 0.3 is 13.8 Å². The smallest absolute Gasteiger partial charge is 0.371 e. The SMILES string of the molecule is C=C(C)C(=O)CCCC(=O)OP(=O)(O)O. The van der Waals surface area contributed by atoms with Gasteiger partial charge in [-0.05, 0) is 18.9 Å². The van der Waals surface area contributed by atoms with Gasteiger partial charge in [0.25, 0.3) is 0 Å². The summed E-state index contributed by atoms with van der Waals surface area (Å²) < 4.78 is 14.0. The summed E-state index contributed by atoms with van der Waals surface area (Å²) in [6, 6.07) is 0. The van der Waals surface area contributed by atoms with Crippen LogP contribution in [-0.2, 0) is 18.7 Å². The van der Waals surface area contributed by atoms with Crippen molar-refractivity contribution < 1.29 is 28.5 Å². The molecule has 0 aliphatic carbocycles. The Morgan fingerprint density at radius 3 is 2.27 bits per heavy atom. The van der Waals surface area contributed by atoms with Crippen LogP contribution in [-0.4, -0.2) is 21.5 Å². The van der Waals surface area contributed by atoms with Crippen LogP contribution in [0.5, 0.6) is 0 Å². The van der Waals surface area contributed by atoms with Crippen LogP contribution < -0.4 is 0 Å². The number of phosphoric acid groups is 1. The Morgan fingerprint density at radius 1 is 1.33 bits per heavy atom. The third-order valence-corrected chi connectivity index (χ3v) is 1.92. The largest absolute Gasteiger partial charge is 0.526 e. The summed E-state index contributed by atoms with van der Waals surface area (Å²) in [5, 5.41) is 0. The second-order valence-electron chi connectivity index (χ2n) is 3.01. The highest BCUT2D eigenvalue weighted by molar-refractivity contribution is 7.46. The van der Waals surface area contributed by atoms with E-state index in [1.54, 1.807) is 6.92 Å². The van der Waals surface area contributed by atoms with Crippen LogP contribution in [0.4, 0.5) is 0 Å². The summed E-state index contributed by atoms with van der Waals surface area (Å²) in [6.07, 6.45) is 0.0975. The molecule has 0 rings (SSSR count). The molecule has 0 atom stereocenters. The number of carbonyl (C=O) groups excluding carboxylic acids is 2. The van der Waals surface area contributed by atoms with Gasteiger partial charge in [0, 0.05) is 12.8 Å². The van der Waals surface area contributed by atoms with Gasteiger partial charge < -0.3 is 4.52 Å². The van der Waals surface area contributed by atoms with E-state index in [1.165, 1.54) is 0 Å². The molecule has 7 heteroatoms. The molecule has 0 aromatic rings. The highest BCUT2D eigenvalue weighted by atomic mass is 31.2. The quantitative estimate of drug-likeness (QED) is 0.525. The number of Topliss-reactive ketones (excluding diaryl/α,β-unsaturated/α-hetero) is 1. The Balaban J connectivity index is 3.79. The molecule has 0 aliphatic heterocycles. The van der Waals surface area contributed by atoms with E-state index in [2.05, 4.69) is 11.1 Å². The lowest BCUT2D eigenvalue weighted by molar-refractivity contribution is -0.135. The van der Waals surface area contributed by atoms with Crippen LogP contribution in [0.15, 0.2) is 12.2 Å². The second-order valence-corrected chi connectivity index (χ2v) is 4.17. The first-order valence-corrected chi connectivity index (χ1v) is 5.72. The molecule has 0 aliphatic rings. The average molecular weight is 236 g/mol. The molecule has 2 N–H and O–H groups in total. The Kier molecular flexibility index (Phi) is 5.43. The van der Waals surface area contributed by atoms with E-state index in [4.69, 9.17) is 9.79 Å². The number of phosphoric ester groups is 1. The predicted octanol–water partition coefficient (Wildman–Crippen LogP) is 0.938. The Morgan fingerprint density at radius 2 is 1.87 bits per heavy atom. The van der Waals surface area contributed by atoms with E-state index >= 15 is 0 Å². The molecule has 0 radical (unpaired) electrons. The summed E-state index contributed by atoms with van der Waals surface area (Å²) in [4.78, 5) is 38.3. The zero-order valence-electron chi connectivity index (χ0n) is 8.30. The molecule has 6 nitrogen and oxygen atoms in total. The van der Waals surface area contributed by atoms with Crippen molar-refractivity contribution in [3.63, 3.8) is 0 Å². The Bertz CT molecular complexity index is 315. The molecule has 0 aromatic heterocycles. The van der Waals surface area contributed by atoms with Crippen LogP contribution in [0.25, 0.3) is 0 Å². The average Bonchev–Trinajstić information content (AvgIpc) is 2.00. The van der Waals surface area contributed by atoms with Crippen LogP contribution in [0.3, 0.4) is 0 Å². The fourth-order valence-electron chi connectivity index (χ4n) is 0.785. The van der Waals surface area contributed by atoms with Crippen molar-refractivity contribution in [1.29, 1.82) is 0 Å². The fourth-order valence-corrected chi connectivity index (χ4v) is 1.14. The Labute approximate surface area is 87.2 Å². The van der Waals surface area contributed by atoms with Crippen LogP contribution in [0.2, 0.25) is 0 Å². The van der Waals surface area contributed by atoms with E-state index < -0.39 is 13.8 Å².